The number of hydrogen-bond acceptors (Lipinski definition) is 9. The topological polar surface area (TPSA) is 123 Å². The van der Waals surface area contributed by atoms with Gasteiger partial charge >= 0.3 is 0 Å². The fourth-order valence-corrected chi connectivity index (χ4v) is 6.15. The van der Waals surface area contributed by atoms with Crippen LogP contribution < -0.4 is 15.4 Å². The molecular formula is C20H21FN6O3S2. The summed E-state index contributed by atoms with van der Waals surface area (Å²) >= 11 is 1.40. The quantitative estimate of drug-likeness (QED) is 0.421. The second kappa shape index (κ2) is 7.94. The number of hydrogen-bond donors (Lipinski definition) is 2. The molecule has 0 spiro atoms. The summed E-state index contributed by atoms with van der Waals surface area (Å²) in [6.07, 6.45) is 1.99. The van der Waals surface area contributed by atoms with Gasteiger partial charge in [0.05, 0.1) is 40.4 Å². The molecule has 1 aliphatic heterocycles. The van der Waals surface area contributed by atoms with Crippen LogP contribution in [0.25, 0.3) is 31.9 Å². The molecule has 32 heavy (non-hydrogen) atoms. The fraction of sp³-hybridized carbons (Fsp3) is 0.350. The molecule has 0 saturated carbocycles. The zero-order chi connectivity index (χ0) is 22.5. The standard InChI is InChI=1S/C20H21FN6O3S2/c1-2-9-32(28,29)26-13-4-3-11-12-10-23-19(22)24-16(12)18-17(14(11)15(13)21)25-20(31-18)27-5-7-30-8-6-27/h3-4,10,26H,2,5-9H2,1H3,(H2,22,23,24). The summed E-state index contributed by atoms with van der Waals surface area (Å²) in [6, 6.07) is 3.08. The van der Waals surface area contributed by atoms with Gasteiger partial charge in [0, 0.05) is 30.1 Å². The Bertz CT molecular complexity index is 1450. The van der Waals surface area contributed by atoms with Gasteiger partial charge < -0.3 is 15.4 Å². The van der Waals surface area contributed by atoms with Gasteiger partial charge in [0.1, 0.15) is 0 Å². The zero-order valence-electron chi connectivity index (χ0n) is 17.3. The molecule has 0 aliphatic carbocycles. The zero-order valence-corrected chi connectivity index (χ0v) is 18.9. The Balaban J connectivity index is 1.80. The monoisotopic (exact) mass is 476 g/mol. The van der Waals surface area contributed by atoms with E-state index in [2.05, 4.69) is 19.6 Å². The van der Waals surface area contributed by atoms with Gasteiger partial charge in [-0.25, -0.2) is 27.8 Å². The third kappa shape index (κ3) is 3.57. The molecule has 0 unspecified atom stereocenters. The second-order valence-corrected chi connectivity index (χ2v) is 10.4. The summed E-state index contributed by atoms with van der Waals surface area (Å²) in [5.41, 5.74) is 6.75. The third-order valence-corrected chi connectivity index (χ3v) is 7.93. The van der Waals surface area contributed by atoms with E-state index in [9.17, 15) is 8.42 Å². The van der Waals surface area contributed by atoms with Crippen LogP contribution in [0, 0.1) is 5.82 Å². The molecule has 168 valence electrons. The maximum absolute atomic E-state index is 15.8. The Labute approximate surface area is 187 Å². The molecule has 12 heteroatoms. The molecule has 1 fully saturated rings. The van der Waals surface area contributed by atoms with Crippen molar-refractivity contribution in [3.63, 3.8) is 0 Å². The number of benzene rings is 2. The van der Waals surface area contributed by atoms with Crippen LogP contribution in [-0.4, -0.2) is 55.4 Å². The van der Waals surface area contributed by atoms with E-state index >= 15 is 4.39 Å². The van der Waals surface area contributed by atoms with Crippen molar-refractivity contribution in [2.75, 3.05) is 47.4 Å². The predicted octanol–water partition coefficient (Wildman–Crippen LogP) is 3.10. The molecule has 0 radical (unpaired) electrons. The first kappa shape index (κ1) is 21.0. The van der Waals surface area contributed by atoms with Gasteiger partial charge in [-0.05, 0) is 17.9 Å². The van der Waals surface area contributed by atoms with E-state index in [1.807, 2.05) is 0 Å². The molecule has 4 aromatic rings. The van der Waals surface area contributed by atoms with Crippen molar-refractivity contribution in [1.29, 1.82) is 0 Å². The molecule has 0 atom stereocenters. The maximum Gasteiger partial charge on any atom is 0.232 e. The Kier molecular flexibility index (Phi) is 5.22. The van der Waals surface area contributed by atoms with E-state index in [0.717, 1.165) is 5.13 Å². The van der Waals surface area contributed by atoms with Crippen LogP contribution in [0.3, 0.4) is 0 Å². The van der Waals surface area contributed by atoms with Crippen LogP contribution in [0.1, 0.15) is 13.3 Å². The lowest BCUT2D eigenvalue weighted by atomic mass is 10.0. The number of sulfonamides is 1. The lowest BCUT2D eigenvalue weighted by molar-refractivity contribution is 0.122. The number of nitrogen functional groups attached to an aromatic ring is 1. The molecule has 0 bridgehead atoms. The van der Waals surface area contributed by atoms with Crippen LogP contribution in [0.5, 0.6) is 0 Å². The summed E-state index contributed by atoms with van der Waals surface area (Å²) in [5.74, 6) is -0.656. The van der Waals surface area contributed by atoms with Crippen molar-refractivity contribution < 1.29 is 17.5 Å². The normalized spacial score (nSPS) is 15.1. The SMILES string of the molecule is CCCS(=O)(=O)Nc1ccc2c3cnc(N)nc3c3sc(N4CCOCC4)nc3c2c1F. The van der Waals surface area contributed by atoms with Crippen LogP contribution in [-0.2, 0) is 14.8 Å². The average molecular weight is 477 g/mol. The number of halogens is 1. The first-order chi connectivity index (χ1) is 15.4. The van der Waals surface area contributed by atoms with E-state index in [1.165, 1.54) is 17.4 Å². The van der Waals surface area contributed by atoms with Crippen molar-refractivity contribution >= 4 is 70.0 Å². The largest absolute Gasteiger partial charge is 0.378 e. The smallest absolute Gasteiger partial charge is 0.232 e. The van der Waals surface area contributed by atoms with Gasteiger partial charge in [0.2, 0.25) is 16.0 Å². The minimum absolute atomic E-state index is 0.0946. The van der Waals surface area contributed by atoms with Gasteiger partial charge in [-0.15, -0.1) is 0 Å². The summed E-state index contributed by atoms with van der Waals surface area (Å²) in [4.78, 5) is 15.3. The highest BCUT2D eigenvalue weighted by Gasteiger charge is 2.23. The molecule has 2 aromatic heterocycles. The number of nitrogens with zero attached hydrogens (tertiary/aromatic N) is 4. The molecule has 2 aromatic carbocycles. The van der Waals surface area contributed by atoms with Gasteiger partial charge in [-0.1, -0.05) is 24.3 Å². The van der Waals surface area contributed by atoms with E-state index in [1.54, 1.807) is 19.2 Å². The minimum Gasteiger partial charge on any atom is -0.378 e. The first-order valence-corrected chi connectivity index (χ1v) is 12.6. The van der Waals surface area contributed by atoms with Crippen molar-refractivity contribution in [1.82, 2.24) is 15.0 Å². The van der Waals surface area contributed by atoms with E-state index in [-0.39, 0.29) is 22.8 Å². The summed E-state index contributed by atoms with van der Waals surface area (Å²) in [5, 5.41) is 2.13. The Hall–Kier alpha value is -2.83. The molecule has 0 amide bonds. The average Bonchev–Trinajstić information content (AvgIpc) is 3.21. The van der Waals surface area contributed by atoms with Crippen molar-refractivity contribution in [3.05, 3.63) is 24.1 Å². The van der Waals surface area contributed by atoms with Crippen LogP contribution in [0.15, 0.2) is 18.3 Å². The lowest BCUT2D eigenvalue weighted by Crippen LogP contribution is -2.36. The number of fused-ring (bicyclic) bond motifs is 6. The Morgan fingerprint density at radius 1 is 1.22 bits per heavy atom. The number of rotatable bonds is 5. The molecule has 9 nitrogen and oxygen atoms in total. The molecule has 5 rings (SSSR count). The number of anilines is 3. The van der Waals surface area contributed by atoms with E-state index in [0.29, 0.717) is 59.2 Å². The number of morpholine rings is 1. The van der Waals surface area contributed by atoms with Crippen LogP contribution in [0.2, 0.25) is 0 Å². The van der Waals surface area contributed by atoms with Crippen LogP contribution in [0.4, 0.5) is 21.2 Å². The highest BCUT2D eigenvalue weighted by Crippen LogP contribution is 2.42. The number of nitrogens with two attached hydrogens (primary N) is 1. The van der Waals surface area contributed by atoms with Gasteiger partial charge in [-0.2, -0.15) is 0 Å². The molecule has 3 heterocycles. The van der Waals surface area contributed by atoms with Gasteiger partial charge in [0.25, 0.3) is 0 Å². The molecule has 3 N–H and O–H groups in total. The highest BCUT2D eigenvalue weighted by atomic mass is 32.2. The number of thiazole rings is 1. The number of aromatic nitrogens is 3. The summed E-state index contributed by atoms with van der Waals surface area (Å²) in [7, 11) is -3.66. The molecule has 1 aliphatic rings. The van der Waals surface area contributed by atoms with Gasteiger partial charge in [-0.3, -0.25) is 4.72 Å². The number of ether oxygens (including phenoxy) is 1. The van der Waals surface area contributed by atoms with Gasteiger partial charge in [0.15, 0.2) is 10.9 Å². The second-order valence-electron chi connectivity index (χ2n) is 7.53. The van der Waals surface area contributed by atoms with E-state index in [4.69, 9.17) is 15.5 Å². The first-order valence-electron chi connectivity index (χ1n) is 10.2. The minimum atomic E-state index is -3.66. The summed E-state index contributed by atoms with van der Waals surface area (Å²) < 4.78 is 48.8. The molecular weight excluding hydrogens is 455 g/mol. The van der Waals surface area contributed by atoms with Crippen molar-refractivity contribution in [3.8, 4) is 0 Å². The maximum atomic E-state index is 15.8. The van der Waals surface area contributed by atoms with E-state index < -0.39 is 15.8 Å². The third-order valence-electron chi connectivity index (χ3n) is 5.33. The summed E-state index contributed by atoms with van der Waals surface area (Å²) in [6.45, 7) is 4.28. The Morgan fingerprint density at radius 2 is 2.00 bits per heavy atom. The number of nitrogens with one attached hydrogen (secondary N) is 1. The van der Waals surface area contributed by atoms with Crippen LogP contribution >= 0.6 is 11.3 Å². The van der Waals surface area contributed by atoms with Crippen molar-refractivity contribution in [2.24, 2.45) is 0 Å². The molecule has 1 saturated heterocycles. The highest BCUT2D eigenvalue weighted by molar-refractivity contribution is 7.92. The lowest BCUT2D eigenvalue weighted by Gasteiger charge is -2.25. The fourth-order valence-electron chi connectivity index (χ4n) is 3.89. The Morgan fingerprint density at radius 3 is 2.75 bits per heavy atom. The van der Waals surface area contributed by atoms with Crippen molar-refractivity contribution in [2.45, 2.75) is 13.3 Å². The predicted molar refractivity (Wildman–Crippen MR) is 125 cm³/mol.